The second kappa shape index (κ2) is 7.22. The van der Waals surface area contributed by atoms with Crippen LogP contribution >= 0.6 is 0 Å². The van der Waals surface area contributed by atoms with Crippen molar-refractivity contribution < 1.29 is 19.4 Å². The molecule has 0 spiro atoms. The molecule has 0 heterocycles. The van der Waals surface area contributed by atoms with E-state index in [1.807, 2.05) is 13.0 Å². The highest BCUT2D eigenvalue weighted by atomic mass is 16.5. The Labute approximate surface area is 128 Å². The van der Waals surface area contributed by atoms with Crippen molar-refractivity contribution in [3.63, 3.8) is 0 Å². The van der Waals surface area contributed by atoms with Crippen LogP contribution in [0.2, 0.25) is 0 Å². The van der Waals surface area contributed by atoms with Gasteiger partial charge in [-0.3, -0.25) is 4.79 Å². The molecule has 0 aliphatic rings. The van der Waals surface area contributed by atoms with E-state index in [0.717, 1.165) is 5.56 Å². The Bertz CT molecular complexity index is 699. The van der Waals surface area contributed by atoms with Crippen molar-refractivity contribution in [3.05, 3.63) is 71.3 Å². The first-order valence-corrected chi connectivity index (χ1v) is 6.87. The first-order valence-electron chi connectivity index (χ1n) is 6.87. The first kappa shape index (κ1) is 15.5. The molecule has 2 aromatic rings. The van der Waals surface area contributed by atoms with Gasteiger partial charge >= 0.3 is 0 Å². The number of carbonyl (C=O) groups excluding carboxylic acids is 2. The smallest absolute Gasteiger partial charge is 0.189 e. The molecule has 0 saturated heterocycles. The van der Waals surface area contributed by atoms with Crippen molar-refractivity contribution in [3.8, 4) is 5.75 Å². The summed E-state index contributed by atoms with van der Waals surface area (Å²) in [5.74, 6) is -0.850. The molecule has 0 saturated carbocycles. The summed E-state index contributed by atoms with van der Waals surface area (Å²) < 4.78 is 5.43. The molecule has 2 rings (SSSR count). The minimum absolute atomic E-state index is 0.102. The highest BCUT2D eigenvalue weighted by Crippen LogP contribution is 2.19. The first-order chi connectivity index (χ1) is 10.6. The van der Waals surface area contributed by atoms with Crippen LogP contribution in [0.1, 0.15) is 33.2 Å². The number of ketones is 1. The number of carboxylic acids is 1. The molecule has 0 amide bonds. The molecule has 0 aliphatic carbocycles. The number of benzene rings is 2. The van der Waals surface area contributed by atoms with Crippen molar-refractivity contribution in [2.45, 2.75) is 6.92 Å². The van der Waals surface area contributed by atoms with E-state index in [-0.39, 0.29) is 11.3 Å². The summed E-state index contributed by atoms with van der Waals surface area (Å²) in [6.07, 6.45) is 3.07. The largest absolute Gasteiger partial charge is 0.545 e. The monoisotopic (exact) mass is 295 g/mol. The number of rotatable bonds is 6. The van der Waals surface area contributed by atoms with Gasteiger partial charge in [-0.2, -0.15) is 0 Å². The maximum Gasteiger partial charge on any atom is 0.189 e. The second-order valence-electron chi connectivity index (χ2n) is 4.54. The van der Waals surface area contributed by atoms with E-state index in [4.69, 9.17) is 4.74 Å². The van der Waals surface area contributed by atoms with Crippen LogP contribution in [0.5, 0.6) is 5.75 Å². The molecule has 0 bridgehead atoms. The average molecular weight is 295 g/mol. The number of aromatic carboxylic acids is 1. The zero-order chi connectivity index (χ0) is 15.9. The van der Waals surface area contributed by atoms with E-state index in [9.17, 15) is 14.7 Å². The summed E-state index contributed by atoms with van der Waals surface area (Å²) in [5.41, 5.74) is 1.32. The van der Waals surface area contributed by atoms with Crippen LogP contribution in [0.3, 0.4) is 0 Å². The summed E-state index contributed by atoms with van der Waals surface area (Å²) in [4.78, 5) is 22.9. The van der Waals surface area contributed by atoms with E-state index in [1.165, 1.54) is 18.2 Å². The number of carboxylic acid groups (broad SMARTS) is 1. The minimum atomic E-state index is -1.22. The van der Waals surface area contributed by atoms with Crippen molar-refractivity contribution in [2.75, 3.05) is 6.61 Å². The van der Waals surface area contributed by atoms with E-state index >= 15 is 0 Å². The van der Waals surface area contributed by atoms with Gasteiger partial charge in [0.05, 0.1) is 18.1 Å². The van der Waals surface area contributed by atoms with Gasteiger partial charge in [-0.1, -0.05) is 42.5 Å². The number of ether oxygens (including phenoxy) is 1. The Hall–Kier alpha value is -2.88. The molecular weight excluding hydrogens is 280 g/mol. The van der Waals surface area contributed by atoms with Crippen molar-refractivity contribution >= 4 is 17.8 Å². The molecule has 4 nitrogen and oxygen atoms in total. The summed E-state index contributed by atoms with van der Waals surface area (Å²) in [6, 6.07) is 13.1. The van der Waals surface area contributed by atoms with Crippen LogP contribution < -0.4 is 9.84 Å². The lowest BCUT2D eigenvalue weighted by atomic mass is 10.1. The van der Waals surface area contributed by atoms with Crippen molar-refractivity contribution in [2.24, 2.45) is 0 Å². The highest BCUT2D eigenvalue weighted by molar-refractivity contribution is 6.08. The molecule has 0 fully saturated rings. The Morgan fingerprint density at radius 2 is 1.77 bits per heavy atom. The standard InChI is InChI=1S/C18H16O4/c1-2-22-17-6-4-3-5-15(17)16(19)12-9-13-7-10-14(11-8-13)18(20)21/h3-12H,2H2,1H3,(H,20,21)/p-1/b12-9+. The van der Waals surface area contributed by atoms with Gasteiger partial charge in [0.1, 0.15) is 5.75 Å². The lowest BCUT2D eigenvalue weighted by Crippen LogP contribution is -2.21. The van der Waals surface area contributed by atoms with Gasteiger partial charge in [0.2, 0.25) is 0 Å². The molecule has 2 aromatic carbocycles. The lowest BCUT2D eigenvalue weighted by molar-refractivity contribution is -0.255. The molecule has 0 aliphatic heterocycles. The van der Waals surface area contributed by atoms with Gasteiger partial charge in [0, 0.05) is 0 Å². The van der Waals surface area contributed by atoms with Gasteiger partial charge < -0.3 is 14.6 Å². The lowest BCUT2D eigenvalue weighted by Gasteiger charge is -2.07. The number of para-hydroxylation sites is 1. The summed E-state index contributed by atoms with van der Waals surface area (Å²) in [5, 5.41) is 10.7. The van der Waals surface area contributed by atoms with Crippen LogP contribution in [-0.2, 0) is 0 Å². The third kappa shape index (κ3) is 3.82. The molecular formula is C18H15O4-. The Balaban J connectivity index is 2.16. The van der Waals surface area contributed by atoms with Gasteiger partial charge in [0.25, 0.3) is 0 Å². The van der Waals surface area contributed by atoms with Crippen molar-refractivity contribution in [1.82, 2.24) is 0 Å². The van der Waals surface area contributed by atoms with Gasteiger partial charge in [0.15, 0.2) is 5.78 Å². The number of hydrogen-bond acceptors (Lipinski definition) is 4. The molecule has 0 unspecified atom stereocenters. The Morgan fingerprint density at radius 1 is 1.09 bits per heavy atom. The Morgan fingerprint density at radius 3 is 2.41 bits per heavy atom. The molecule has 0 atom stereocenters. The fraction of sp³-hybridized carbons (Fsp3) is 0.111. The van der Waals surface area contributed by atoms with E-state index < -0.39 is 5.97 Å². The number of carbonyl (C=O) groups is 2. The topological polar surface area (TPSA) is 66.4 Å². The number of allylic oxidation sites excluding steroid dienone is 1. The van der Waals surface area contributed by atoms with Gasteiger partial charge in [-0.15, -0.1) is 0 Å². The fourth-order valence-electron chi connectivity index (χ4n) is 1.94. The van der Waals surface area contributed by atoms with Gasteiger partial charge in [-0.05, 0) is 36.3 Å². The summed E-state index contributed by atoms with van der Waals surface area (Å²) in [6.45, 7) is 2.34. The molecule has 0 radical (unpaired) electrons. The average Bonchev–Trinajstić information content (AvgIpc) is 2.54. The van der Waals surface area contributed by atoms with E-state index in [0.29, 0.717) is 17.9 Å². The normalized spacial score (nSPS) is 10.6. The summed E-state index contributed by atoms with van der Waals surface area (Å²) in [7, 11) is 0. The van der Waals surface area contributed by atoms with Crippen LogP contribution in [-0.4, -0.2) is 18.4 Å². The van der Waals surface area contributed by atoms with Crippen LogP contribution in [0.4, 0.5) is 0 Å². The SMILES string of the molecule is CCOc1ccccc1C(=O)/C=C/c1ccc(C(=O)[O-])cc1. The third-order valence-electron chi connectivity index (χ3n) is 3.03. The van der Waals surface area contributed by atoms with Crippen LogP contribution in [0, 0.1) is 0 Å². The van der Waals surface area contributed by atoms with Crippen LogP contribution in [0.15, 0.2) is 54.6 Å². The molecule has 0 N–H and O–H groups in total. The zero-order valence-electron chi connectivity index (χ0n) is 12.1. The third-order valence-corrected chi connectivity index (χ3v) is 3.03. The zero-order valence-corrected chi connectivity index (χ0v) is 12.1. The fourth-order valence-corrected chi connectivity index (χ4v) is 1.94. The summed E-state index contributed by atoms with van der Waals surface area (Å²) >= 11 is 0. The minimum Gasteiger partial charge on any atom is -0.545 e. The van der Waals surface area contributed by atoms with E-state index in [1.54, 1.807) is 36.4 Å². The molecule has 22 heavy (non-hydrogen) atoms. The Kier molecular flexibility index (Phi) is 5.09. The van der Waals surface area contributed by atoms with Crippen molar-refractivity contribution in [1.29, 1.82) is 0 Å². The maximum absolute atomic E-state index is 12.2. The van der Waals surface area contributed by atoms with E-state index in [2.05, 4.69) is 0 Å². The van der Waals surface area contributed by atoms with Gasteiger partial charge in [-0.25, -0.2) is 0 Å². The van der Waals surface area contributed by atoms with Crippen LogP contribution in [0.25, 0.3) is 6.08 Å². The maximum atomic E-state index is 12.2. The molecule has 112 valence electrons. The molecule has 0 aromatic heterocycles. The molecule has 4 heteroatoms. The quantitative estimate of drug-likeness (QED) is 0.606. The second-order valence-corrected chi connectivity index (χ2v) is 4.54. The predicted molar refractivity (Wildman–Crippen MR) is 81.7 cm³/mol. The predicted octanol–water partition coefficient (Wildman–Crippen LogP) is 2.34. The highest BCUT2D eigenvalue weighted by Gasteiger charge is 2.08. The number of hydrogen-bond donors (Lipinski definition) is 0.